The first-order valence-corrected chi connectivity index (χ1v) is 7.15. The Morgan fingerprint density at radius 2 is 2.33 bits per heavy atom. The third kappa shape index (κ3) is 2.15. The van der Waals surface area contributed by atoms with Crippen molar-refractivity contribution in [1.82, 2.24) is 10.4 Å². The minimum absolute atomic E-state index is 0.0766. The standard InChI is InChI=1S/C12H12BrClFN3/c13-12-16-11-9(2-1-5-18(11)17-12)8-4-3-7(15)6-10(8)14/h3-4,6,9,12,17H,1-2,5H2. The van der Waals surface area contributed by atoms with Gasteiger partial charge >= 0.3 is 0 Å². The van der Waals surface area contributed by atoms with Gasteiger partial charge in [-0.25, -0.2) is 9.38 Å². The molecule has 0 radical (unpaired) electrons. The van der Waals surface area contributed by atoms with Crippen LogP contribution in [0.4, 0.5) is 4.39 Å². The van der Waals surface area contributed by atoms with Crippen LogP contribution in [0.1, 0.15) is 24.3 Å². The van der Waals surface area contributed by atoms with Crippen LogP contribution in [0, 0.1) is 5.82 Å². The summed E-state index contributed by atoms with van der Waals surface area (Å²) in [5.41, 5.74) is 4.16. The van der Waals surface area contributed by atoms with E-state index in [1.807, 2.05) is 5.01 Å². The molecule has 1 aromatic carbocycles. The normalized spacial score (nSPS) is 27.1. The summed E-state index contributed by atoms with van der Waals surface area (Å²) in [6.45, 7) is 0.941. The number of piperidine rings is 1. The molecule has 0 amide bonds. The van der Waals surface area contributed by atoms with E-state index in [0.717, 1.165) is 30.8 Å². The fraction of sp³-hybridized carbons (Fsp3) is 0.417. The van der Waals surface area contributed by atoms with Crippen molar-refractivity contribution in [3.05, 3.63) is 34.6 Å². The zero-order valence-electron chi connectivity index (χ0n) is 9.54. The van der Waals surface area contributed by atoms with E-state index in [2.05, 4.69) is 26.3 Å². The molecule has 3 nitrogen and oxygen atoms in total. The van der Waals surface area contributed by atoms with Crippen LogP contribution in [0.5, 0.6) is 0 Å². The third-order valence-electron chi connectivity index (χ3n) is 3.31. The summed E-state index contributed by atoms with van der Waals surface area (Å²) in [7, 11) is 0. The monoisotopic (exact) mass is 331 g/mol. The molecule has 18 heavy (non-hydrogen) atoms. The van der Waals surface area contributed by atoms with E-state index in [1.54, 1.807) is 6.07 Å². The number of fused-ring (bicyclic) bond motifs is 1. The van der Waals surface area contributed by atoms with Crippen molar-refractivity contribution in [2.75, 3.05) is 6.54 Å². The van der Waals surface area contributed by atoms with Crippen molar-refractivity contribution < 1.29 is 4.39 Å². The molecule has 0 spiro atoms. The van der Waals surface area contributed by atoms with Crippen LogP contribution in [-0.4, -0.2) is 22.5 Å². The number of rotatable bonds is 1. The number of benzene rings is 1. The summed E-state index contributed by atoms with van der Waals surface area (Å²) >= 11 is 9.57. The Kier molecular flexibility index (Phi) is 3.30. The van der Waals surface area contributed by atoms with Crippen molar-refractivity contribution >= 4 is 33.4 Å². The molecule has 96 valence electrons. The van der Waals surface area contributed by atoms with Gasteiger partial charge in [0.25, 0.3) is 0 Å². The van der Waals surface area contributed by atoms with Crippen molar-refractivity contribution in [2.24, 2.45) is 4.99 Å². The molecular weight excluding hydrogens is 321 g/mol. The summed E-state index contributed by atoms with van der Waals surface area (Å²) in [6.07, 6.45) is 2.05. The fourth-order valence-corrected chi connectivity index (χ4v) is 3.28. The zero-order valence-corrected chi connectivity index (χ0v) is 11.9. The van der Waals surface area contributed by atoms with Crippen molar-refractivity contribution in [2.45, 2.75) is 23.8 Å². The Balaban J connectivity index is 1.97. The molecule has 2 aliphatic rings. The molecule has 1 aromatic rings. The van der Waals surface area contributed by atoms with Gasteiger partial charge < -0.3 is 0 Å². The molecule has 2 unspecified atom stereocenters. The van der Waals surface area contributed by atoms with E-state index in [4.69, 9.17) is 11.6 Å². The predicted octanol–water partition coefficient (Wildman–Crippen LogP) is 3.25. The summed E-state index contributed by atoms with van der Waals surface area (Å²) in [4.78, 5) is 4.53. The topological polar surface area (TPSA) is 27.6 Å². The Hall–Kier alpha value is -0.650. The largest absolute Gasteiger partial charge is 0.293 e. The molecule has 3 rings (SSSR count). The van der Waals surface area contributed by atoms with E-state index in [0.29, 0.717) is 5.02 Å². The summed E-state index contributed by atoms with van der Waals surface area (Å²) in [5, 5.41) is 2.45. The number of nitrogens with zero attached hydrogens (tertiary/aromatic N) is 2. The number of amidine groups is 1. The van der Waals surface area contributed by atoms with Gasteiger partial charge in [-0.05, 0) is 46.5 Å². The molecule has 6 heteroatoms. The Labute approximate surface area is 118 Å². The van der Waals surface area contributed by atoms with Gasteiger partial charge in [-0.3, -0.25) is 5.01 Å². The molecule has 2 aliphatic heterocycles. The van der Waals surface area contributed by atoms with E-state index in [9.17, 15) is 4.39 Å². The summed E-state index contributed by atoms with van der Waals surface area (Å²) < 4.78 is 13.1. The molecule has 0 aromatic heterocycles. The minimum atomic E-state index is -0.304. The number of hydrazine groups is 1. The molecule has 1 saturated heterocycles. The van der Waals surface area contributed by atoms with Crippen LogP contribution < -0.4 is 5.43 Å². The molecular formula is C12H12BrClFN3. The number of aliphatic imine (C=N–C) groups is 1. The highest BCUT2D eigenvalue weighted by Gasteiger charge is 2.34. The molecule has 1 fully saturated rings. The number of hydrogen-bond acceptors (Lipinski definition) is 3. The molecule has 2 atom stereocenters. The van der Waals surface area contributed by atoms with Gasteiger partial charge in [-0.2, -0.15) is 5.43 Å². The first kappa shape index (κ1) is 12.4. The second kappa shape index (κ2) is 4.79. The predicted molar refractivity (Wildman–Crippen MR) is 73.4 cm³/mol. The average Bonchev–Trinajstić information content (AvgIpc) is 2.69. The molecule has 2 heterocycles. The SMILES string of the molecule is Fc1ccc(C2CCCN3NC(Br)N=C23)c(Cl)c1. The quantitative estimate of drug-likeness (QED) is 0.631. The minimum Gasteiger partial charge on any atom is -0.293 e. The van der Waals surface area contributed by atoms with Crippen LogP contribution in [0.2, 0.25) is 5.02 Å². The van der Waals surface area contributed by atoms with Crippen molar-refractivity contribution in [3.63, 3.8) is 0 Å². The van der Waals surface area contributed by atoms with Gasteiger partial charge in [-0.15, -0.1) is 0 Å². The van der Waals surface area contributed by atoms with Crippen molar-refractivity contribution in [3.8, 4) is 0 Å². The van der Waals surface area contributed by atoms with Crippen LogP contribution in [0.25, 0.3) is 0 Å². The van der Waals surface area contributed by atoms with Crippen LogP contribution in [0.15, 0.2) is 23.2 Å². The second-order valence-electron chi connectivity index (χ2n) is 4.46. The highest BCUT2D eigenvalue weighted by molar-refractivity contribution is 9.09. The highest BCUT2D eigenvalue weighted by Crippen LogP contribution is 2.35. The number of alkyl halides is 1. The van der Waals surface area contributed by atoms with Crippen molar-refractivity contribution in [1.29, 1.82) is 0 Å². The smallest absolute Gasteiger partial charge is 0.174 e. The number of hydrogen-bond donors (Lipinski definition) is 1. The summed E-state index contributed by atoms with van der Waals surface area (Å²) in [6, 6.07) is 4.58. The third-order valence-corrected chi connectivity index (χ3v) is 4.05. The van der Waals surface area contributed by atoms with Crippen LogP contribution >= 0.6 is 27.5 Å². The lowest BCUT2D eigenvalue weighted by Gasteiger charge is -2.32. The van der Waals surface area contributed by atoms with Gasteiger partial charge in [0.2, 0.25) is 0 Å². The molecule has 0 saturated carbocycles. The zero-order chi connectivity index (χ0) is 12.7. The Morgan fingerprint density at radius 3 is 3.11 bits per heavy atom. The maximum absolute atomic E-state index is 13.1. The first-order chi connectivity index (χ1) is 8.65. The molecule has 1 N–H and O–H groups in total. The van der Waals surface area contributed by atoms with Gasteiger partial charge in [0.1, 0.15) is 11.7 Å². The maximum Gasteiger partial charge on any atom is 0.174 e. The van der Waals surface area contributed by atoms with Crippen LogP contribution in [0.3, 0.4) is 0 Å². The first-order valence-electron chi connectivity index (χ1n) is 5.85. The maximum atomic E-state index is 13.1. The lowest BCUT2D eigenvalue weighted by Crippen LogP contribution is -2.44. The lowest BCUT2D eigenvalue weighted by molar-refractivity contribution is 0.293. The average molecular weight is 333 g/mol. The Morgan fingerprint density at radius 1 is 1.50 bits per heavy atom. The van der Waals surface area contributed by atoms with Gasteiger partial charge in [0, 0.05) is 17.5 Å². The Bertz CT molecular complexity index is 508. The van der Waals surface area contributed by atoms with Crippen LogP contribution in [-0.2, 0) is 0 Å². The molecule has 0 bridgehead atoms. The number of nitrogens with one attached hydrogen (secondary N) is 1. The van der Waals surface area contributed by atoms with Gasteiger partial charge in [-0.1, -0.05) is 17.7 Å². The summed E-state index contributed by atoms with van der Waals surface area (Å²) in [5.74, 6) is 0.819. The second-order valence-corrected chi connectivity index (χ2v) is 5.74. The molecule has 0 aliphatic carbocycles. The van der Waals surface area contributed by atoms with E-state index >= 15 is 0 Å². The number of halogens is 3. The fourth-order valence-electron chi connectivity index (χ4n) is 2.53. The van der Waals surface area contributed by atoms with E-state index in [-0.39, 0.29) is 16.8 Å². The lowest BCUT2D eigenvalue weighted by atomic mass is 9.90. The van der Waals surface area contributed by atoms with Gasteiger partial charge in [0.15, 0.2) is 5.08 Å². The van der Waals surface area contributed by atoms with E-state index < -0.39 is 0 Å². The van der Waals surface area contributed by atoms with E-state index in [1.165, 1.54) is 12.1 Å². The van der Waals surface area contributed by atoms with Gasteiger partial charge in [0.05, 0.1) is 0 Å². The highest BCUT2D eigenvalue weighted by atomic mass is 79.9.